The van der Waals surface area contributed by atoms with Crippen molar-refractivity contribution in [2.24, 2.45) is 0 Å². The van der Waals surface area contributed by atoms with Gasteiger partial charge in [-0.25, -0.2) is 0 Å². The van der Waals surface area contributed by atoms with Crippen molar-refractivity contribution in [3.8, 4) is 11.3 Å². The number of rotatable bonds is 2. The van der Waals surface area contributed by atoms with Crippen LogP contribution >= 0.6 is 0 Å². The lowest BCUT2D eigenvalue weighted by molar-refractivity contribution is 1.00. The van der Waals surface area contributed by atoms with Gasteiger partial charge in [-0.2, -0.15) is 0 Å². The number of hydrogen-bond donors (Lipinski definition) is 1. The molecule has 18 heavy (non-hydrogen) atoms. The molecule has 1 N–H and O–H groups in total. The SMILES string of the molecule is CNc1nnc(-c2cc(C)cc(C)c2)c(C)c1C. The molecule has 1 heterocycles. The fourth-order valence-corrected chi connectivity index (χ4v) is 2.23. The van der Waals surface area contributed by atoms with E-state index in [2.05, 4.69) is 61.4 Å². The molecule has 0 spiro atoms. The molecule has 0 amide bonds. The predicted octanol–water partition coefficient (Wildman–Crippen LogP) is 3.42. The zero-order valence-corrected chi connectivity index (χ0v) is 11.6. The maximum absolute atomic E-state index is 4.35. The highest BCUT2D eigenvalue weighted by atomic mass is 15.2. The zero-order valence-electron chi connectivity index (χ0n) is 11.6. The van der Waals surface area contributed by atoms with Gasteiger partial charge in [0.15, 0.2) is 5.82 Å². The number of aromatic nitrogens is 2. The Bertz CT molecular complexity index is 568. The Labute approximate surface area is 108 Å². The highest BCUT2D eigenvalue weighted by Gasteiger charge is 2.11. The lowest BCUT2D eigenvalue weighted by atomic mass is 10.00. The smallest absolute Gasteiger partial charge is 0.151 e. The average molecular weight is 241 g/mol. The fraction of sp³-hybridized carbons (Fsp3) is 0.333. The molecule has 3 heteroatoms. The van der Waals surface area contributed by atoms with Crippen molar-refractivity contribution in [1.82, 2.24) is 10.2 Å². The van der Waals surface area contributed by atoms with Crippen molar-refractivity contribution in [2.75, 3.05) is 12.4 Å². The van der Waals surface area contributed by atoms with Crippen LogP contribution in [0.2, 0.25) is 0 Å². The molecule has 0 atom stereocenters. The Hall–Kier alpha value is -1.90. The summed E-state index contributed by atoms with van der Waals surface area (Å²) >= 11 is 0. The van der Waals surface area contributed by atoms with Gasteiger partial charge in [0.1, 0.15) is 0 Å². The molecule has 0 aliphatic heterocycles. The predicted molar refractivity (Wildman–Crippen MR) is 76.0 cm³/mol. The molecule has 0 saturated carbocycles. The number of anilines is 1. The molecule has 1 aromatic carbocycles. The number of nitrogens with zero attached hydrogens (tertiary/aromatic N) is 2. The molecule has 2 rings (SSSR count). The van der Waals surface area contributed by atoms with E-state index in [1.165, 1.54) is 16.7 Å². The van der Waals surface area contributed by atoms with Crippen LogP contribution in [-0.2, 0) is 0 Å². The maximum Gasteiger partial charge on any atom is 0.151 e. The topological polar surface area (TPSA) is 37.8 Å². The summed E-state index contributed by atoms with van der Waals surface area (Å²) in [5, 5.41) is 11.6. The van der Waals surface area contributed by atoms with Gasteiger partial charge in [-0.05, 0) is 51.0 Å². The summed E-state index contributed by atoms with van der Waals surface area (Å²) in [4.78, 5) is 0. The van der Waals surface area contributed by atoms with Crippen LogP contribution in [-0.4, -0.2) is 17.2 Å². The van der Waals surface area contributed by atoms with Gasteiger partial charge < -0.3 is 5.32 Å². The first kappa shape index (κ1) is 12.6. The van der Waals surface area contributed by atoms with E-state index in [9.17, 15) is 0 Å². The zero-order chi connectivity index (χ0) is 13.3. The van der Waals surface area contributed by atoms with E-state index in [0.29, 0.717) is 0 Å². The van der Waals surface area contributed by atoms with Crippen LogP contribution in [0.3, 0.4) is 0 Å². The highest BCUT2D eigenvalue weighted by molar-refractivity contribution is 5.67. The molecule has 1 aromatic heterocycles. The minimum Gasteiger partial charge on any atom is -0.371 e. The molecule has 0 aliphatic carbocycles. The van der Waals surface area contributed by atoms with E-state index >= 15 is 0 Å². The third-order valence-electron chi connectivity index (χ3n) is 3.25. The largest absolute Gasteiger partial charge is 0.371 e. The van der Waals surface area contributed by atoms with Gasteiger partial charge in [-0.15, -0.1) is 10.2 Å². The molecular weight excluding hydrogens is 222 g/mol. The first-order chi connectivity index (χ1) is 8.52. The third kappa shape index (κ3) is 2.21. The number of aryl methyl sites for hydroxylation is 2. The van der Waals surface area contributed by atoms with E-state index < -0.39 is 0 Å². The van der Waals surface area contributed by atoms with Crippen molar-refractivity contribution in [3.05, 3.63) is 40.5 Å². The molecule has 0 radical (unpaired) electrons. The molecule has 0 saturated heterocycles. The van der Waals surface area contributed by atoms with Crippen molar-refractivity contribution < 1.29 is 0 Å². The second kappa shape index (κ2) is 4.77. The summed E-state index contributed by atoms with van der Waals surface area (Å²) in [5.41, 5.74) is 6.95. The van der Waals surface area contributed by atoms with Crippen molar-refractivity contribution in [3.63, 3.8) is 0 Å². The van der Waals surface area contributed by atoms with Gasteiger partial charge in [-0.1, -0.05) is 17.2 Å². The first-order valence-corrected chi connectivity index (χ1v) is 6.13. The third-order valence-corrected chi connectivity index (χ3v) is 3.25. The second-order valence-electron chi connectivity index (χ2n) is 4.77. The molecule has 3 nitrogen and oxygen atoms in total. The Balaban J connectivity index is 2.61. The fourth-order valence-electron chi connectivity index (χ4n) is 2.23. The van der Waals surface area contributed by atoms with Gasteiger partial charge >= 0.3 is 0 Å². The normalized spacial score (nSPS) is 10.5. The van der Waals surface area contributed by atoms with Crippen LogP contribution in [0.15, 0.2) is 18.2 Å². The summed E-state index contributed by atoms with van der Waals surface area (Å²) < 4.78 is 0. The summed E-state index contributed by atoms with van der Waals surface area (Å²) in [6, 6.07) is 6.48. The number of nitrogens with one attached hydrogen (secondary N) is 1. The summed E-state index contributed by atoms with van der Waals surface area (Å²) in [6.45, 7) is 8.38. The monoisotopic (exact) mass is 241 g/mol. The molecule has 0 fully saturated rings. The molecular formula is C15H19N3. The molecule has 0 aliphatic rings. The Kier molecular flexibility index (Phi) is 3.32. The van der Waals surface area contributed by atoms with Crippen molar-refractivity contribution in [2.45, 2.75) is 27.7 Å². The standard InChI is InChI=1S/C15H19N3/c1-9-6-10(2)8-13(7-9)14-11(3)12(4)15(16-5)18-17-14/h6-8H,1-5H3,(H,16,18). The number of benzene rings is 1. The minimum absolute atomic E-state index is 0.848. The minimum atomic E-state index is 0.848. The van der Waals surface area contributed by atoms with Crippen LogP contribution in [0, 0.1) is 27.7 Å². The van der Waals surface area contributed by atoms with Gasteiger partial charge in [0.2, 0.25) is 0 Å². The summed E-state index contributed by atoms with van der Waals surface area (Å²) in [5.74, 6) is 0.848. The van der Waals surface area contributed by atoms with Crippen LogP contribution in [0.25, 0.3) is 11.3 Å². The van der Waals surface area contributed by atoms with Gasteiger partial charge in [-0.3, -0.25) is 0 Å². The molecule has 2 aromatic rings. The Morgan fingerprint density at radius 1 is 0.833 bits per heavy atom. The second-order valence-corrected chi connectivity index (χ2v) is 4.77. The Morgan fingerprint density at radius 3 is 2.00 bits per heavy atom. The number of hydrogen-bond acceptors (Lipinski definition) is 3. The van der Waals surface area contributed by atoms with Crippen LogP contribution in [0.4, 0.5) is 5.82 Å². The van der Waals surface area contributed by atoms with Crippen LogP contribution in [0.5, 0.6) is 0 Å². The van der Waals surface area contributed by atoms with E-state index in [1.54, 1.807) is 0 Å². The van der Waals surface area contributed by atoms with Gasteiger partial charge in [0.25, 0.3) is 0 Å². The van der Waals surface area contributed by atoms with E-state index in [4.69, 9.17) is 0 Å². The molecule has 0 bridgehead atoms. The van der Waals surface area contributed by atoms with Gasteiger partial charge in [0.05, 0.1) is 5.69 Å². The van der Waals surface area contributed by atoms with Gasteiger partial charge in [0, 0.05) is 12.6 Å². The maximum atomic E-state index is 4.35. The Morgan fingerprint density at radius 2 is 1.44 bits per heavy atom. The van der Waals surface area contributed by atoms with E-state index in [1.807, 2.05) is 7.05 Å². The quantitative estimate of drug-likeness (QED) is 0.875. The average Bonchev–Trinajstić information content (AvgIpc) is 2.31. The molecule has 94 valence electrons. The summed E-state index contributed by atoms with van der Waals surface area (Å²) in [7, 11) is 1.87. The van der Waals surface area contributed by atoms with Crippen molar-refractivity contribution in [1.29, 1.82) is 0 Å². The lowest BCUT2D eigenvalue weighted by Gasteiger charge is -2.11. The highest BCUT2D eigenvalue weighted by Crippen LogP contribution is 2.27. The van der Waals surface area contributed by atoms with Crippen LogP contribution in [0.1, 0.15) is 22.3 Å². The van der Waals surface area contributed by atoms with Crippen LogP contribution < -0.4 is 5.32 Å². The van der Waals surface area contributed by atoms with Crippen molar-refractivity contribution >= 4 is 5.82 Å². The lowest BCUT2D eigenvalue weighted by Crippen LogP contribution is -2.02. The van der Waals surface area contributed by atoms with E-state index in [-0.39, 0.29) is 0 Å². The first-order valence-electron chi connectivity index (χ1n) is 6.13. The molecule has 0 unspecified atom stereocenters. The summed E-state index contributed by atoms with van der Waals surface area (Å²) in [6.07, 6.45) is 0. The van der Waals surface area contributed by atoms with E-state index in [0.717, 1.165) is 22.6 Å².